The van der Waals surface area contributed by atoms with Crippen molar-refractivity contribution >= 4 is 21.6 Å². The number of carbonyl (C=O) groups excluding carboxylic acids is 1. The Morgan fingerprint density at radius 2 is 1.89 bits per heavy atom. The second kappa shape index (κ2) is 12.0. The van der Waals surface area contributed by atoms with Gasteiger partial charge in [0.25, 0.3) is 15.9 Å². The van der Waals surface area contributed by atoms with Crippen molar-refractivity contribution in [1.82, 2.24) is 15.2 Å². The molecule has 232 valence electrons. The quantitative estimate of drug-likeness (QED) is 0.268. The summed E-state index contributed by atoms with van der Waals surface area (Å²) in [5, 5.41) is 13.3. The van der Waals surface area contributed by atoms with Crippen molar-refractivity contribution in [3.05, 3.63) is 101 Å². The van der Waals surface area contributed by atoms with Crippen LogP contribution in [0.1, 0.15) is 54.0 Å². The number of fused-ring (bicyclic) bond motifs is 1. The summed E-state index contributed by atoms with van der Waals surface area (Å²) in [4.78, 5) is 21.6. The number of hydrogen-bond donors (Lipinski definition) is 1. The first-order chi connectivity index (χ1) is 21.8. The van der Waals surface area contributed by atoms with Crippen LogP contribution in [-0.2, 0) is 26.9 Å². The van der Waals surface area contributed by atoms with Gasteiger partial charge in [0.15, 0.2) is 5.54 Å². The van der Waals surface area contributed by atoms with Crippen molar-refractivity contribution in [2.45, 2.75) is 42.8 Å². The Morgan fingerprint density at radius 1 is 1.09 bits per heavy atom. The Balaban J connectivity index is 1.65. The molecule has 1 saturated heterocycles. The van der Waals surface area contributed by atoms with Gasteiger partial charge < -0.3 is 19.2 Å². The van der Waals surface area contributed by atoms with E-state index >= 15 is 4.79 Å². The minimum absolute atomic E-state index is 0.0821. The molecule has 3 heterocycles. The summed E-state index contributed by atoms with van der Waals surface area (Å²) in [7, 11) is -1.42. The molecular formula is C33H33N5O6S. The molecule has 1 aromatic heterocycles. The third-order valence-electron chi connectivity index (χ3n) is 8.48. The first kappa shape index (κ1) is 30.3. The monoisotopic (exact) mass is 627 g/mol. The van der Waals surface area contributed by atoms with Crippen molar-refractivity contribution in [2.24, 2.45) is 0 Å². The highest BCUT2D eigenvalue weighted by Gasteiger charge is 2.62. The summed E-state index contributed by atoms with van der Waals surface area (Å²) >= 11 is 0. The van der Waals surface area contributed by atoms with Crippen LogP contribution in [0, 0.1) is 11.3 Å². The molecule has 0 radical (unpaired) electrons. The van der Waals surface area contributed by atoms with E-state index in [1.165, 1.54) is 56.9 Å². The number of anilines is 1. The van der Waals surface area contributed by atoms with E-state index in [2.05, 4.69) is 16.4 Å². The topological polar surface area (TPSA) is 138 Å². The molecule has 1 amide bonds. The largest absolute Gasteiger partial charge is 0.497 e. The summed E-state index contributed by atoms with van der Waals surface area (Å²) in [6.45, 7) is 3.77. The maximum Gasteiger partial charge on any atom is 0.271 e. The molecular weight excluding hydrogens is 594 g/mol. The number of oxazole rings is 1. The van der Waals surface area contributed by atoms with E-state index in [9.17, 15) is 13.7 Å². The average molecular weight is 628 g/mol. The maximum atomic E-state index is 15.3. The number of nitrogens with zero attached hydrogens (tertiary/aromatic N) is 4. The maximum absolute atomic E-state index is 15.3. The standard InChI is InChI=1S/C33H33N5O6S/c1-4-35-21-23-7-13-26(30(19-23)43-3)33(37-16-5-6-29(37)31-36-15-17-44-31)27-18-22(20-34)8-14-28(27)38(32(33)39)45(40,41)25-11-9-24(42-2)10-12-25/h7-15,17-19,29,35H,4-6,16,21H2,1-3H3. The van der Waals surface area contributed by atoms with Gasteiger partial charge in [-0.05, 0) is 73.5 Å². The number of nitriles is 1. The molecule has 0 aliphatic carbocycles. The van der Waals surface area contributed by atoms with E-state index in [1.54, 1.807) is 12.3 Å². The number of ether oxygens (including phenoxy) is 2. The van der Waals surface area contributed by atoms with Gasteiger partial charge in [-0.25, -0.2) is 17.7 Å². The highest BCUT2D eigenvalue weighted by atomic mass is 32.2. The molecule has 4 aromatic rings. The van der Waals surface area contributed by atoms with Crippen molar-refractivity contribution < 1.29 is 27.1 Å². The summed E-state index contributed by atoms with van der Waals surface area (Å²) in [6, 6.07) is 17.8. The molecule has 1 N–H and O–H groups in total. The Labute approximate surface area is 262 Å². The summed E-state index contributed by atoms with van der Waals surface area (Å²) in [5.41, 5.74) is 0.477. The molecule has 1 fully saturated rings. The van der Waals surface area contributed by atoms with E-state index in [1.807, 2.05) is 30.0 Å². The molecule has 12 heteroatoms. The van der Waals surface area contributed by atoms with Crippen LogP contribution in [0.5, 0.6) is 11.5 Å². The van der Waals surface area contributed by atoms with Crippen LogP contribution in [0.15, 0.2) is 82.4 Å². The van der Waals surface area contributed by atoms with Crippen molar-refractivity contribution in [3.63, 3.8) is 0 Å². The van der Waals surface area contributed by atoms with Gasteiger partial charge in [0.2, 0.25) is 5.89 Å². The predicted molar refractivity (Wildman–Crippen MR) is 165 cm³/mol. The van der Waals surface area contributed by atoms with Crippen LogP contribution in [-0.4, -0.2) is 51.5 Å². The third kappa shape index (κ3) is 4.84. The molecule has 2 atom stereocenters. The molecule has 0 spiro atoms. The van der Waals surface area contributed by atoms with Crippen LogP contribution in [0.2, 0.25) is 0 Å². The fourth-order valence-corrected chi connectivity index (χ4v) is 7.93. The van der Waals surface area contributed by atoms with E-state index in [-0.39, 0.29) is 16.1 Å². The van der Waals surface area contributed by atoms with E-state index in [0.717, 1.165) is 16.4 Å². The zero-order valence-corrected chi connectivity index (χ0v) is 26.0. The summed E-state index contributed by atoms with van der Waals surface area (Å²) in [6.07, 6.45) is 4.34. The highest BCUT2D eigenvalue weighted by molar-refractivity contribution is 7.93. The lowest BCUT2D eigenvalue weighted by Gasteiger charge is -2.41. The minimum atomic E-state index is -4.44. The van der Waals surface area contributed by atoms with Crippen molar-refractivity contribution in [3.8, 4) is 17.6 Å². The van der Waals surface area contributed by atoms with Crippen molar-refractivity contribution in [1.29, 1.82) is 5.26 Å². The first-order valence-corrected chi connectivity index (χ1v) is 16.1. The highest BCUT2D eigenvalue weighted by Crippen LogP contribution is 2.56. The lowest BCUT2D eigenvalue weighted by Crippen LogP contribution is -2.54. The van der Waals surface area contributed by atoms with Crippen LogP contribution >= 0.6 is 0 Å². The Kier molecular flexibility index (Phi) is 8.09. The first-order valence-electron chi connectivity index (χ1n) is 14.6. The molecule has 6 rings (SSSR count). The summed E-state index contributed by atoms with van der Waals surface area (Å²) < 4.78 is 46.7. The van der Waals surface area contributed by atoms with Gasteiger partial charge in [-0.15, -0.1) is 0 Å². The second-order valence-corrected chi connectivity index (χ2v) is 12.6. The molecule has 2 aliphatic rings. The van der Waals surface area contributed by atoms with Gasteiger partial charge in [0.05, 0.1) is 48.7 Å². The number of aromatic nitrogens is 1. The normalized spacial score (nSPS) is 19.8. The number of hydrogen-bond acceptors (Lipinski definition) is 10. The summed E-state index contributed by atoms with van der Waals surface area (Å²) in [5.74, 6) is 0.591. The number of nitrogens with one attached hydrogen (secondary N) is 1. The van der Waals surface area contributed by atoms with Gasteiger partial charge in [0, 0.05) is 24.2 Å². The Hall–Kier alpha value is -4.70. The number of methoxy groups -OCH3 is 2. The Bertz CT molecular complexity index is 1870. The number of benzene rings is 3. The van der Waals surface area contributed by atoms with Gasteiger partial charge in [-0.2, -0.15) is 5.26 Å². The molecule has 0 saturated carbocycles. The third-order valence-corrected chi connectivity index (χ3v) is 10.2. The second-order valence-electron chi connectivity index (χ2n) is 10.8. The van der Waals surface area contributed by atoms with E-state index < -0.39 is 27.5 Å². The molecule has 11 nitrogen and oxygen atoms in total. The average Bonchev–Trinajstić information content (AvgIpc) is 3.82. The smallest absolute Gasteiger partial charge is 0.271 e. The zero-order valence-electron chi connectivity index (χ0n) is 25.2. The fourth-order valence-electron chi connectivity index (χ4n) is 6.47. The predicted octanol–water partition coefficient (Wildman–Crippen LogP) is 4.49. The molecule has 2 unspecified atom stereocenters. The number of likely N-dealkylation sites (tertiary alicyclic amines) is 1. The van der Waals surface area contributed by atoms with Crippen LogP contribution in [0.25, 0.3) is 0 Å². The molecule has 2 aliphatic heterocycles. The van der Waals surface area contributed by atoms with Gasteiger partial charge >= 0.3 is 0 Å². The molecule has 0 bridgehead atoms. The lowest BCUT2D eigenvalue weighted by molar-refractivity contribution is -0.127. The van der Waals surface area contributed by atoms with Gasteiger partial charge in [-0.1, -0.05) is 19.1 Å². The van der Waals surface area contributed by atoms with Gasteiger partial charge in [0.1, 0.15) is 17.8 Å². The number of sulfonamides is 1. The van der Waals surface area contributed by atoms with Crippen molar-refractivity contribution in [2.75, 3.05) is 31.6 Å². The minimum Gasteiger partial charge on any atom is -0.497 e. The molecule has 45 heavy (non-hydrogen) atoms. The zero-order chi connectivity index (χ0) is 31.8. The van der Waals surface area contributed by atoms with E-state index in [4.69, 9.17) is 13.9 Å². The van der Waals surface area contributed by atoms with Crippen LogP contribution in [0.4, 0.5) is 5.69 Å². The SMILES string of the molecule is CCNCc1ccc(C2(N3CCCC3c3ncco3)C(=O)N(S(=O)(=O)c3ccc(OC)cc3)c3ccc(C#N)cc32)c(OC)c1. The Morgan fingerprint density at radius 3 is 2.56 bits per heavy atom. The number of amides is 1. The molecule has 3 aromatic carbocycles. The van der Waals surface area contributed by atoms with Crippen LogP contribution < -0.4 is 19.1 Å². The van der Waals surface area contributed by atoms with Crippen LogP contribution in [0.3, 0.4) is 0 Å². The van der Waals surface area contributed by atoms with Gasteiger partial charge in [-0.3, -0.25) is 9.69 Å². The number of rotatable bonds is 10. The lowest BCUT2D eigenvalue weighted by atomic mass is 9.80. The fraction of sp³-hybridized carbons (Fsp3) is 0.303. The van der Waals surface area contributed by atoms with E-state index in [0.29, 0.717) is 54.4 Å². The number of carbonyl (C=O) groups is 1.